The van der Waals surface area contributed by atoms with Crippen molar-refractivity contribution in [3.8, 4) is 0 Å². The second kappa shape index (κ2) is 6.77. The predicted molar refractivity (Wildman–Crippen MR) is 72.5 cm³/mol. The third-order valence-electron chi connectivity index (χ3n) is 3.43. The minimum absolute atomic E-state index is 0.141. The second-order valence-corrected chi connectivity index (χ2v) is 4.90. The highest BCUT2D eigenvalue weighted by Gasteiger charge is 2.27. The number of anilines is 1. The van der Waals surface area contributed by atoms with E-state index in [-0.39, 0.29) is 18.5 Å². The molecule has 1 aromatic heterocycles. The standard InChI is InChI=1S/C13H18FN3O4/c1-2-8(6-18)15-12-10(14)5-17(13(20)16-12)11-4-3-9(7-19)21-11/h5-6,8-9,11,19H,2-4,7H2,1H3,(H,15,16,20)/t8?,9-,11+/m0/s1. The lowest BCUT2D eigenvalue weighted by Gasteiger charge is -2.16. The summed E-state index contributed by atoms with van der Waals surface area (Å²) in [6.45, 7) is 1.62. The van der Waals surface area contributed by atoms with E-state index < -0.39 is 23.8 Å². The van der Waals surface area contributed by atoms with E-state index in [1.807, 2.05) is 0 Å². The molecule has 0 amide bonds. The van der Waals surface area contributed by atoms with E-state index in [9.17, 15) is 14.0 Å². The normalized spacial score (nSPS) is 23.0. The highest BCUT2D eigenvalue weighted by Crippen LogP contribution is 2.27. The first-order valence-corrected chi connectivity index (χ1v) is 6.85. The van der Waals surface area contributed by atoms with Crippen LogP contribution < -0.4 is 11.0 Å². The maximum atomic E-state index is 14.0. The summed E-state index contributed by atoms with van der Waals surface area (Å²) in [5.41, 5.74) is -0.664. The summed E-state index contributed by atoms with van der Waals surface area (Å²) in [4.78, 5) is 26.3. The van der Waals surface area contributed by atoms with E-state index in [1.54, 1.807) is 6.92 Å². The van der Waals surface area contributed by atoms with Crippen molar-refractivity contribution in [1.82, 2.24) is 9.55 Å². The Balaban J connectivity index is 2.21. The second-order valence-electron chi connectivity index (χ2n) is 4.90. The van der Waals surface area contributed by atoms with Gasteiger partial charge in [0.25, 0.3) is 0 Å². The molecular formula is C13H18FN3O4. The molecule has 1 fully saturated rings. The average molecular weight is 299 g/mol. The zero-order valence-electron chi connectivity index (χ0n) is 11.7. The number of hydrogen-bond donors (Lipinski definition) is 2. The van der Waals surface area contributed by atoms with E-state index in [2.05, 4.69) is 10.3 Å². The van der Waals surface area contributed by atoms with Crippen LogP contribution in [-0.4, -0.2) is 39.7 Å². The van der Waals surface area contributed by atoms with Gasteiger partial charge in [0.15, 0.2) is 11.6 Å². The summed E-state index contributed by atoms with van der Waals surface area (Å²) < 4.78 is 20.5. The average Bonchev–Trinajstić information content (AvgIpc) is 2.96. The predicted octanol–water partition coefficient (Wildman–Crippen LogP) is 0.442. The summed E-state index contributed by atoms with van der Waals surface area (Å²) >= 11 is 0. The number of nitrogens with one attached hydrogen (secondary N) is 1. The lowest BCUT2D eigenvalue weighted by atomic mass is 10.2. The molecule has 8 heteroatoms. The first-order chi connectivity index (χ1) is 10.1. The van der Waals surface area contributed by atoms with Gasteiger partial charge in [-0.3, -0.25) is 4.57 Å². The molecule has 2 heterocycles. The van der Waals surface area contributed by atoms with E-state index in [1.165, 1.54) is 0 Å². The van der Waals surface area contributed by atoms with Crippen LogP contribution in [0.15, 0.2) is 11.0 Å². The van der Waals surface area contributed by atoms with Gasteiger partial charge in [0.2, 0.25) is 0 Å². The molecule has 0 radical (unpaired) electrons. The Morgan fingerprint density at radius 3 is 3.00 bits per heavy atom. The first kappa shape index (κ1) is 15.6. The van der Waals surface area contributed by atoms with Crippen molar-refractivity contribution in [3.63, 3.8) is 0 Å². The van der Waals surface area contributed by atoms with Crippen molar-refractivity contribution < 1.29 is 19.0 Å². The van der Waals surface area contributed by atoms with Crippen LogP contribution >= 0.6 is 0 Å². The van der Waals surface area contributed by atoms with Crippen LogP contribution in [0.1, 0.15) is 32.4 Å². The third kappa shape index (κ3) is 3.45. The van der Waals surface area contributed by atoms with Gasteiger partial charge in [-0.05, 0) is 19.3 Å². The lowest BCUT2D eigenvalue weighted by Crippen LogP contribution is -2.31. The molecule has 1 unspecified atom stereocenters. The summed E-state index contributed by atoms with van der Waals surface area (Å²) in [6.07, 6.45) is 2.24. The first-order valence-electron chi connectivity index (χ1n) is 6.85. The van der Waals surface area contributed by atoms with Crippen LogP contribution in [0, 0.1) is 5.82 Å². The van der Waals surface area contributed by atoms with Gasteiger partial charge in [0.1, 0.15) is 12.5 Å². The minimum atomic E-state index is -0.731. The molecule has 2 N–H and O–H groups in total. The fourth-order valence-electron chi connectivity index (χ4n) is 2.19. The Kier molecular flexibility index (Phi) is 5.03. The van der Waals surface area contributed by atoms with E-state index >= 15 is 0 Å². The van der Waals surface area contributed by atoms with Crippen LogP contribution in [0.5, 0.6) is 0 Å². The van der Waals surface area contributed by atoms with Gasteiger partial charge in [0, 0.05) is 0 Å². The molecular weight excluding hydrogens is 281 g/mol. The van der Waals surface area contributed by atoms with Gasteiger partial charge in [-0.25, -0.2) is 9.18 Å². The van der Waals surface area contributed by atoms with Gasteiger partial charge in [-0.1, -0.05) is 6.92 Å². The van der Waals surface area contributed by atoms with Gasteiger partial charge in [-0.2, -0.15) is 4.98 Å². The minimum Gasteiger partial charge on any atom is -0.394 e. The number of nitrogens with zero attached hydrogens (tertiary/aromatic N) is 2. The summed E-state index contributed by atoms with van der Waals surface area (Å²) in [6, 6.07) is -0.594. The Labute approximate surface area is 120 Å². The van der Waals surface area contributed by atoms with Crippen molar-refractivity contribution in [2.75, 3.05) is 11.9 Å². The van der Waals surface area contributed by atoms with Gasteiger partial charge < -0.3 is 20.0 Å². The SMILES string of the molecule is CCC(C=O)Nc1nc(=O)n([C@H]2CC[C@@H](CO)O2)cc1F. The zero-order valence-corrected chi connectivity index (χ0v) is 11.7. The molecule has 1 aliphatic rings. The largest absolute Gasteiger partial charge is 0.394 e. The molecule has 2 rings (SSSR count). The van der Waals surface area contributed by atoms with Crippen molar-refractivity contribution in [1.29, 1.82) is 0 Å². The number of rotatable bonds is 6. The van der Waals surface area contributed by atoms with Gasteiger partial charge in [-0.15, -0.1) is 0 Å². The van der Waals surface area contributed by atoms with E-state index in [4.69, 9.17) is 9.84 Å². The van der Waals surface area contributed by atoms with Crippen molar-refractivity contribution in [2.24, 2.45) is 0 Å². The monoisotopic (exact) mass is 299 g/mol. The lowest BCUT2D eigenvalue weighted by molar-refractivity contribution is -0.108. The van der Waals surface area contributed by atoms with Crippen molar-refractivity contribution >= 4 is 12.1 Å². The van der Waals surface area contributed by atoms with Crippen LogP contribution in [0.25, 0.3) is 0 Å². The van der Waals surface area contributed by atoms with E-state index in [0.717, 1.165) is 10.8 Å². The smallest absolute Gasteiger partial charge is 0.351 e. The van der Waals surface area contributed by atoms with Crippen molar-refractivity contribution in [3.05, 3.63) is 22.5 Å². The number of halogens is 1. The molecule has 116 valence electrons. The highest BCUT2D eigenvalue weighted by molar-refractivity contribution is 5.63. The molecule has 3 atom stereocenters. The number of carbonyl (C=O) groups is 1. The molecule has 0 bridgehead atoms. The summed E-state index contributed by atoms with van der Waals surface area (Å²) in [7, 11) is 0. The Bertz CT molecular complexity index is 563. The molecule has 21 heavy (non-hydrogen) atoms. The number of hydrogen-bond acceptors (Lipinski definition) is 6. The molecule has 1 saturated heterocycles. The quantitative estimate of drug-likeness (QED) is 0.740. The van der Waals surface area contributed by atoms with Crippen LogP contribution in [-0.2, 0) is 9.53 Å². The van der Waals surface area contributed by atoms with Gasteiger partial charge in [0.05, 0.1) is 24.9 Å². The fraction of sp³-hybridized carbons (Fsp3) is 0.615. The maximum absolute atomic E-state index is 14.0. The highest BCUT2D eigenvalue weighted by atomic mass is 19.1. The fourth-order valence-corrected chi connectivity index (χ4v) is 2.19. The van der Waals surface area contributed by atoms with Gasteiger partial charge >= 0.3 is 5.69 Å². The van der Waals surface area contributed by atoms with Crippen LogP contribution in [0.2, 0.25) is 0 Å². The third-order valence-corrected chi connectivity index (χ3v) is 3.43. The Hall–Kier alpha value is -1.80. The maximum Gasteiger partial charge on any atom is 0.351 e. The summed E-state index contributed by atoms with van der Waals surface area (Å²) in [5, 5.41) is 11.6. The molecule has 0 spiro atoms. The zero-order chi connectivity index (χ0) is 15.4. The molecule has 1 aromatic rings. The van der Waals surface area contributed by atoms with Crippen molar-refractivity contribution in [2.45, 2.75) is 44.6 Å². The molecule has 1 aliphatic heterocycles. The van der Waals surface area contributed by atoms with Crippen LogP contribution in [0.3, 0.4) is 0 Å². The number of aldehydes is 1. The summed E-state index contributed by atoms with van der Waals surface area (Å²) in [5.74, 6) is -0.974. The Morgan fingerprint density at radius 2 is 2.43 bits per heavy atom. The Morgan fingerprint density at radius 1 is 1.67 bits per heavy atom. The molecule has 0 aliphatic carbocycles. The molecule has 0 saturated carbocycles. The number of aliphatic hydroxyl groups is 1. The number of ether oxygens (including phenoxy) is 1. The van der Waals surface area contributed by atoms with Crippen LogP contribution in [0.4, 0.5) is 10.2 Å². The topological polar surface area (TPSA) is 93.5 Å². The number of carbonyl (C=O) groups excluding carboxylic acids is 1. The van der Waals surface area contributed by atoms with E-state index in [0.29, 0.717) is 25.5 Å². The number of aromatic nitrogens is 2. The molecule has 7 nitrogen and oxygen atoms in total. The molecule has 0 aromatic carbocycles. The number of aliphatic hydroxyl groups excluding tert-OH is 1.